The monoisotopic (exact) mass is 430 g/mol. The Labute approximate surface area is 167 Å². The number of aliphatic hydroxyl groups excluding tert-OH is 1. The highest BCUT2D eigenvalue weighted by atomic mass is 32.2. The van der Waals surface area contributed by atoms with Crippen LogP contribution in [0.1, 0.15) is 29.1 Å². The van der Waals surface area contributed by atoms with E-state index in [1.54, 1.807) is 11.9 Å². The fraction of sp³-hybridized carbons (Fsp3) is 0.500. The summed E-state index contributed by atoms with van der Waals surface area (Å²) >= 11 is 2.34. The van der Waals surface area contributed by atoms with Crippen molar-refractivity contribution < 1.29 is 18.3 Å². The summed E-state index contributed by atoms with van der Waals surface area (Å²) in [5.74, 6) is 0.170. The lowest BCUT2D eigenvalue weighted by Crippen LogP contribution is -2.35. The maximum atomic E-state index is 13.4. The Morgan fingerprint density at radius 1 is 1.39 bits per heavy atom. The summed E-state index contributed by atoms with van der Waals surface area (Å²) in [4.78, 5) is 11.4. The average molecular weight is 430 g/mol. The Hall–Kier alpha value is -1.94. The van der Waals surface area contributed by atoms with Crippen molar-refractivity contribution in [3.8, 4) is 16.6 Å². The van der Waals surface area contributed by atoms with Crippen LogP contribution >= 0.6 is 23.3 Å². The van der Waals surface area contributed by atoms with Gasteiger partial charge in [0.1, 0.15) is 16.8 Å². The summed E-state index contributed by atoms with van der Waals surface area (Å²) in [7, 11) is 0. The molecule has 0 atom stereocenters. The molecule has 0 amide bonds. The number of nitrogens with one attached hydrogen (secondary N) is 1. The third-order valence-corrected chi connectivity index (χ3v) is 6.17. The summed E-state index contributed by atoms with van der Waals surface area (Å²) in [5, 5.41) is 21.6. The van der Waals surface area contributed by atoms with Gasteiger partial charge < -0.3 is 10.4 Å². The number of piperidine rings is 1. The molecule has 0 aliphatic carbocycles. The third-order valence-electron chi connectivity index (χ3n) is 4.24. The van der Waals surface area contributed by atoms with E-state index in [2.05, 4.69) is 24.6 Å². The molecule has 1 aliphatic heterocycles. The zero-order valence-electron chi connectivity index (χ0n) is 14.8. The van der Waals surface area contributed by atoms with Crippen LogP contribution in [0.4, 0.5) is 19.1 Å². The van der Waals surface area contributed by atoms with Gasteiger partial charge in [-0.15, -0.1) is 11.3 Å². The van der Waals surface area contributed by atoms with Crippen LogP contribution in [0.3, 0.4) is 0 Å². The molecule has 12 heteroatoms. The molecular weight excluding hydrogens is 413 g/mol. The van der Waals surface area contributed by atoms with Gasteiger partial charge in [0.25, 0.3) is 0 Å². The second kappa shape index (κ2) is 8.60. The lowest BCUT2D eigenvalue weighted by molar-refractivity contribution is -0.140. The van der Waals surface area contributed by atoms with Gasteiger partial charge in [0, 0.05) is 19.1 Å². The van der Waals surface area contributed by atoms with Gasteiger partial charge in [0.15, 0.2) is 5.69 Å². The number of nitriles is 1. The molecule has 7 nitrogen and oxygen atoms in total. The number of halogens is 3. The zero-order chi connectivity index (χ0) is 20.3. The van der Waals surface area contributed by atoms with Crippen LogP contribution in [0.2, 0.25) is 0 Å². The number of rotatable bonds is 5. The molecular formula is C16H17F3N6OS2. The molecule has 2 aromatic rings. The minimum Gasteiger partial charge on any atom is -0.389 e. The fourth-order valence-corrected chi connectivity index (χ4v) is 4.38. The Balaban J connectivity index is 1.93. The van der Waals surface area contributed by atoms with Crippen LogP contribution in [0, 0.1) is 11.3 Å². The minimum absolute atomic E-state index is 0.0820. The number of aromatic nitrogens is 3. The molecule has 2 aromatic heterocycles. The number of anilines is 1. The predicted octanol–water partition coefficient (Wildman–Crippen LogP) is 3.14. The van der Waals surface area contributed by atoms with Crippen molar-refractivity contribution in [1.29, 1.82) is 5.26 Å². The highest BCUT2D eigenvalue weighted by Crippen LogP contribution is 2.40. The first-order valence-electron chi connectivity index (χ1n) is 8.36. The third kappa shape index (κ3) is 4.54. The van der Waals surface area contributed by atoms with Crippen LogP contribution in [-0.2, 0) is 12.8 Å². The number of hydrogen-bond acceptors (Lipinski definition) is 9. The maximum absolute atomic E-state index is 13.4. The molecule has 3 heterocycles. The number of hydrogen-bond donors (Lipinski definition) is 2. The van der Waals surface area contributed by atoms with Crippen LogP contribution in [0.15, 0.2) is 6.20 Å². The molecule has 0 unspecified atom stereocenters. The Bertz CT molecular complexity index is 874. The zero-order valence-corrected chi connectivity index (χ0v) is 16.5. The van der Waals surface area contributed by atoms with Gasteiger partial charge in [-0.25, -0.2) is 15.0 Å². The quantitative estimate of drug-likeness (QED) is 0.699. The first-order valence-corrected chi connectivity index (χ1v) is 10.4. The van der Waals surface area contributed by atoms with Crippen molar-refractivity contribution in [2.24, 2.45) is 0 Å². The predicted molar refractivity (Wildman–Crippen MR) is 101 cm³/mol. The first kappa shape index (κ1) is 20.8. The van der Waals surface area contributed by atoms with Crippen molar-refractivity contribution in [1.82, 2.24) is 19.3 Å². The van der Waals surface area contributed by atoms with Crippen LogP contribution < -0.4 is 5.32 Å². The van der Waals surface area contributed by atoms with Gasteiger partial charge >= 0.3 is 6.18 Å². The van der Waals surface area contributed by atoms with Crippen molar-refractivity contribution in [3.05, 3.63) is 22.5 Å². The van der Waals surface area contributed by atoms with Gasteiger partial charge in [-0.05, 0) is 19.1 Å². The highest BCUT2D eigenvalue weighted by molar-refractivity contribution is 7.96. The molecule has 0 bridgehead atoms. The van der Waals surface area contributed by atoms with E-state index in [0.29, 0.717) is 11.3 Å². The molecule has 3 rings (SSSR count). The lowest BCUT2D eigenvalue weighted by atomic mass is 10.1. The van der Waals surface area contributed by atoms with Gasteiger partial charge in [-0.1, -0.05) is 11.9 Å². The summed E-state index contributed by atoms with van der Waals surface area (Å²) < 4.78 is 42.4. The van der Waals surface area contributed by atoms with E-state index in [-0.39, 0.29) is 33.1 Å². The fourth-order valence-electron chi connectivity index (χ4n) is 2.86. The van der Waals surface area contributed by atoms with Crippen molar-refractivity contribution >= 4 is 29.2 Å². The SMILES string of the molecule is CSN1CCC(Nc2ncc(C#N)c(-c3sc(CO)nc3C(F)(F)F)n2)CC1. The maximum Gasteiger partial charge on any atom is 0.434 e. The molecule has 1 saturated heterocycles. The number of nitrogens with zero attached hydrogens (tertiary/aromatic N) is 5. The molecule has 0 radical (unpaired) electrons. The van der Waals surface area contributed by atoms with Crippen molar-refractivity contribution in [2.45, 2.75) is 31.7 Å². The van der Waals surface area contributed by atoms with E-state index >= 15 is 0 Å². The molecule has 0 saturated carbocycles. The smallest absolute Gasteiger partial charge is 0.389 e. The normalized spacial score (nSPS) is 16.1. The second-order valence-electron chi connectivity index (χ2n) is 6.04. The summed E-state index contributed by atoms with van der Waals surface area (Å²) in [5.41, 5.74) is -1.37. The van der Waals surface area contributed by atoms with E-state index in [1.165, 1.54) is 6.20 Å². The van der Waals surface area contributed by atoms with Gasteiger partial charge in [-0.2, -0.15) is 18.4 Å². The molecule has 150 valence electrons. The van der Waals surface area contributed by atoms with E-state index in [0.717, 1.165) is 25.9 Å². The molecule has 0 aromatic carbocycles. The van der Waals surface area contributed by atoms with Crippen molar-refractivity contribution in [3.63, 3.8) is 0 Å². The molecule has 1 fully saturated rings. The minimum atomic E-state index is -4.73. The highest BCUT2D eigenvalue weighted by Gasteiger charge is 2.39. The Morgan fingerprint density at radius 3 is 2.68 bits per heavy atom. The Morgan fingerprint density at radius 2 is 2.11 bits per heavy atom. The summed E-state index contributed by atoms with van der Waals surface area (Å²) in [6.07, 6.45) is 0.193. The average Bonchev–Trinajstić information content (AvgIpc) is 3.13. The molecule has 28 heavy (non-hydrogen) atoms. The topological polar surface area (TPSA) is 98.0 Å². The summed E-state index contributed by atoms with van der Waals surface area (Å²) in [6.45, 7) is 1.14. The number of aliphatic hydroxyl groups is 1. The van der Waals surface area contributed by atoms with E-state index in [9.17, 15) is 23.5 Å². The van der Waals surface area contributed by atoms with Gasteiger partial charge in [0.05, 0.1) is 23.2 Å². The largest absolute Gasteiger partial charge is 0.434 e. The first-order chi connectivity index (χ1) is 13.4. The lowest BCUT2D eigenvalue weighted by Gasteiger charge is -2.30. The molecule has 2 N–H and O–H groups in total. The van der Waals surface area contributed by atoms with Crippen LogP contribution in [0.5, 0.6) is 0 Å². The summed E-state index contributed by atoms with van der Waals surface area (Å²) in [6, 6.07) is 1.93. The van der Waals surface area contributed by atoms with Gasteiger partial charge in [0.2, 0.25) is 5.95 Å². The standard InChI is InChI=1S/C16H17F3N6OS2/c1-27-25-4-2-10(3-5-25)22-15-21-7-9(6-20)12(24-15)13-14(16(17,18)19)23-11(8-26)28-13/h7,10,26H,2-5,8H2,1H3,(H,21,22,24). The molecule has 1 aliphatic rings. The van der Waals surface area contributed by atoms with E-state index < -0.39 is 18.5 Å². The van der Waals surface area contributed by atoms with E-state index in [4.69, 9.17) is 0 Å². The molecule has 0 spiro atoms. The van der Waals surface area contributed by atoms with Crippen LogP contribution in [0.25, 0.3) is 10.6 Å². The number of thiazole rings is 1. The Kier molecular flexibility index (Phi) is 6.39. The van der Waals surface area contributed by atoms with Gasteiger partial charge in [-0.3, -0.25) is 4.31 Å². The second-order valence-corrected chi connectivity index (χ2v) is 8.00. The van der Waals surface area contributed by atoms with Crippen LogP contribution in [-0.4, -0.2) is 49.8 Å². The number of alkyl halides is 3. The van der Waals surface area contributed by atoms with Crippen molar-refractivity contribution in [2.75, 3.05) is 24.7 Å². The van der Waals surface area contributed by atoms with E-state index in [1.807, 2.05) is 12.3 Å².